The summed E-state index contributed by atoms with van der Waals surface area (Å²) >= 11 is 0. The molecule has 4 nitrogen and oxygen atoms in total. The van der Waals surface area contributed by atoms with E-state index in [1.54, 1.807) is 6.07 Å². The second-order valence-corrected chi connectivity index (χ2v) is 6.03. The highest BCUT2D eigenvalue weighted by atomic mass is 16.1. The number of hydrogen-bond acceptors (Lipinski definition) is 3. The number of nitrogens with one attached hydrogen (secondary N) is 2. The van der Waals surface area contributed by atoms with Crippen LogP contribution in [0.25, 0.3) is 0 Å². The Labute approximate surface area is 120 Å². The first kappa shape index (κ1) is 13.8. The molecule has 1 fully saturated rings. The summed E-state index contributed by atoms with van der Waals surface area (Å²) in [6, 6.07) is 4.77. The van der Waals surface area contributed by atoms with Crippen molar-refractivity contribution in [2.45, 2.75) is 51.1 Å². The molecule has 0 aromatic carbocycles. The van der Waals surface area contributed by atoms with Crippen LogP contribution in [0.3, 0.4) is 0 Å². The van der Waals surface area contributed by atoms with Crippen molar-refractivity contribution in [1.29, 1.82) is 0 Å². The van der Waals surface area contributed by atoms with Crippen molar-refractivity contribution in [1.82, 2.24) is 15.2 Å². The van der Waals surface area contributed by atoms with E-state index in [0.717, 1.165) is 31.6 Å². The fraction of sp³-hybridized carbons (Fsp3) is 0.688. The fourth-order valence-corrected chi connectivity index (χ4v) is 3.73. The SMILES string of the molecule is CCN1CCCC1CNC1CCCc2[nH]c(=O)ccc21. The van der Waals surface area contributed by atoms with Crippen LogP contribution in [0.15, 0.2) is 16.9 Å². The van der Waals surface area contributed by atoms with Crippen molar-refractivity contribution in [3.05, 3.63) is 33.7 Å². The largest absolute Gasteiger partial charge is 0.326 e. The zero-order valence-corrected chi connectivity index (χ0v) is 12.3. The van der Waals surface area contributed by atoms with Gasteiger partial charge in [-0.2, -0.15) is 0 Å². The van der Waals surface area contributed by atoms with Crippen LogP contribution in [-0.4, -0.2) is 35.6 Å². The predicted molar refractivity (Wildman–Crippen MR) is 81.0 cm³/mol. The number of likely N-dealkylation sites (N-methyl/N-ethyl adjacent to an activating group) is 1. The molecule has 2 heterocycles. The molecule has 1 saturated heterocycles. The summed E-state index contributed by atoms with van der Waals surface area (Å²) in [4.78, 5) is 17.0. The summed E-state index contributed by atoms with van der Waals surface area (Å²) in [5.74, 6) is 0. The quantitative estimate of drug-likeness (QED) is 0.881. The zero-order valence-electron chi connectivity index (χ0n) is 12.3. The number of aromatic amines is 1. The van der Waals surface area contributed by atoms with Crippen LogP contribution in [0.4, 0.5) is 0 Å². The maximum absolute atomic E-state index is 11.4. The summed E-state index contributed by atoms with van der Waals surface area (Å²) in [7, 11) is 0. The lowest BCUT2D eigenvalue weighted by molar-refractivity contribution is 0.250. The summed E-state index contributed by atoms with van der Waals surface area (Å²) in [5, 5.41) is 3.74. The Kier molecular flexibility index (Phi) is 4.22. The van der Waals surface area contributed by atoms with Gasteiger partial charge in [0.25, 0.3) is 0 Å². The Morgan fingerprint density at radius 3 is 3.10 bits per heavy atom. The van der Waals surface area contributed by atoms with Gasteiger partial charge in [0.2, 0.25) is 5.56 Å². The first-order valence-electron chi connectivity index (χ1n) is 7.97. The van der Waals surface area contributed by atoms with Crippen molar-refractivity contribution in [3.63, 3.8) is 0 Å². The molecule has 1 aliphatic carbocycles. The third-order valence-electron chi connectivity index (χ3n) is 4.84. The molecule has 2 unspecified atom stereocenters. The first-order chi connectivity index (χ1) is 9.78. The molecule has 0 radical (unpaired) electrons. The van der Waals surface area contributed by atoms with Crippen molar-refractivity contribution < 1.29 is 0 Å². The number of H-pyrrole nitrogens is 1. The number of hydrogen-bond donors (Lipinski definition) is 2. The van der Waals surface area contributed by atoms with Gasteiger partial charge in [-0.05, 0) is 50.8 Å². The molecule has 1 aromatic rings. The average molecular weight is 275 g/mol. The molecule has 2 aliphatic rings. The van der Waals surface area contributed by atoms with E-state index in [0.29, 0.717) is 12.1 Å². The molecule has 110 valence electrons. The number of pyridine rings is 1. The van der Waals surface area contributed by atoms with E-state index in [2.05, 4.69) is 22.1 Å². The van der Waals surface area contributed by atoms with Crippen molar-refractivity contribution >= 4 is 0 Å². The summed E-state index contributed by atoms with van der Waals surface area (Å²) in [6.07, 6.45) is 5.99. The minimum atomic E-state index is 0.0253. The molecule has 3 rings (SSSR count). The van der Waals surface area contributed by atoms with E-state index < -0.39 is 0 Å². The van der Waals surface area contributed by atoms with Gasteiger partial charge in [0.05, 0.1) is 0 Å². The molecule has 20 heavy (non-hydrogen) atoms. The Balaban J connectivity index is 1.66. The Hall–Kier alpha value is -1.13. The molecule has 1 aromatic heterocycles. The van der Waals surface area contributed by atoms with Gasteiger partial charge in [-0.25, -0.2) is 0 Å². The smallest absolute Gasteiger partial charge is 0.248 e. The van der Waals surface area contributed by atoms with Gasteiger partial charge in [0.1, 0.15) is 0 Å². The van der Waals surface area contributed by atoms with E-state index in [9.17, 15) is 4.79 Å². The summed E-state index contributed by atoms with van der Waals surface area (Å²) < 4.78 is 0. The summed E-state index contributed by atoms with van der Waals surface area (Å²) in [5.41, 5.74) is 2.47. The van der Waals surface area contributed by atoms with Crippen LogP contribution >= 0.6 is 0 Å². The topological polar surface area (TPSA) is 48.1 Å². The summed E-state index contributed by atoms with van der Waals surface area (Å²) in [6.45, 7) is 5.72. The molecule has 0 spiro atoms. The Morgan fingerprint density at radius 1 is 1.35 bits per heavy atom. The molecule has 0 bridgehead atoms. The fourth-order valence-electron chi connectivity index (χ4n) is 3.73. The molecule has 0 amide bonds. The van der Waals surface area contributed by atoms with Gasteiger partial charge in [-0.1, -0.05) is 13.0 Å². The van der Waals surface area contributed by atoms with Gasteiger partial charge in [-0.15, -0.1) is 0 Å². The molecule has 2 atom stereocenters. The normalized spacial score (nSPS) is 26.6. The number of likely N-dealkylation sites (tertiary alicyclic amines) is 1. The third-order valence-corrected chi connectivity index (χ3v) is 4.84. The maximum atomic E-state index is 11.4. The number of aromatic nitrogens is 1. The number of aryl methyl sites for hydroxylation is 1. The maximum Gasteiger partial charge on any atom is 0.248 e. The second kappa shape index (κ2) is 6.10. The van der Waals surface area contributed by atoms with Crippen LogP contribution in [0.5, 0.6) is 0 Å². The van der Waals surface area contributed by atoms with Gasteiger partial charge in [0, 0.05) is 30.4 Å². The number of fused-ring (bicyclic) bond motifs is 1. The van der Waals surface area contributed by atoms with Gasteiger partial charge >= 0.3 is 0 Å². The van der Waals surface area contributed by atoms with Gasteiger partial charge in [0.15, 0.2) is 0 Å². The second-order valence-electron chi connectivity index (χ2n) is 6.03. The predicted octanol–water partition coefficient (Wildman–Crippen LogP) is 1.83. The van der Waals surface area contributed by atoms with Crippen molar-refractivity contribution in [2.75, 3.05) is 19.6 Å². The van der Waals surface area contributed by atoms with Crippen LogP contribution < -0.4 is 10.9 Å². The Morgan fingerprint density at radius 2 is 2.25 bits per heavy atom. The molecular formula is C16H25N3O. The van der Waals surface area contributed by atoms with Gasteiger partial charge < -0.3 is 10.3 Å². The third kappa shape index (κ3) is 2.81. The minimum Gasteiger partial charge on any atom is -0.326 e. The van der Waals surface area contributed by atoms with E-state index in [4.69, 9.17) is 0 Å². The highest BCUT2D eigenvalue weighted by Crippen LogP contribution is 2.28. The van der Waals surface area contributed by atoms with Crippen LogP contribution in [0, 0.1) is 0 Å². The van der Waals surface area contributed by atoms with Crippen LogP contribution in [0.2, 0.25) is 0 Å². The average Bonchev–Trinajstić information content (AvgIpc) is 2.92. The van der Waals surface area contributed by atoms with Crippen molar-refractivity contribution in [2.24, 2.45) is 0 Å². The van der Waals surface area contributed by atoms with E-state index in [-0.39, 0.29) is 5.56 Å². The number of rotatable bonds is 4. The Bertz CT molecular complexity index is 511. The molecule has 1 aliphatic heterocycles. The zero-order chi connectivity index (χ0) is 13.9. The standard InChI is InChI=1S/C16H25N3O/c1-2-19-10-4-5-12(19)11-17-14-6-3-7-15-13(14)8-9-16(20)18-15/h8-9,12,14,17H,2-7,10-11H2,1H3,(H,18,20). The molecule has 2 N–H and O–H groups in total. The van der Waals surface area contributed by atoms with E-state index in [1.165, 1.54) is 31.4 Å². The van der Waals surface area contributed by atoms with E-state index in [1.807, 2.05) is 6.07 Å². The highest BCUT2D eigenvalue weighted by Gasteiger charge is 2.25. The van der Waals surface area contributed by atoms with Crippen LogP contribution in [0.1, 0.15) is 49.9 Å². The van der Waals surface area contributed by atoms with E-state index >= 15 is 0 Å². The highest BCUT2D eigenvalue weighted by molar-refractivity contribution is 5.26. The molecule has 0 saturated carbocycles. The van der Waals surface area contributed by atoms with Gasteiger partial charge in [-0.3, -0.25) is 9.69 Å². The lowest BCUT2D eigenvalue weighted by Crippen LogP contribution is -2.40. The van der Waals surface area contributed by atoms with Crippen molar-refractivity contribution in [3.8, 4) is 0 Å². The minimum absolute atomic E-state index is 0.0253. The van der Waals surface area contributed by atoms with Crippen LogP contribution in [-0.2, 0) is 6.42 Å². The lowest BCUT2D eigenvalue weighted by atomic mass is 9.91. The lowest BCUT2D eigenvalue weighted by Gasteiger charge is -2.29. The monoisotopic (exact) mass is 275 g/mol. The first-order valence-corrected chi connectivity index (χ1v) is 7.97. The molecular weight excluding hydrogens is 250 g/mol. The molecule has 4 heteroatoms. The number of nitrogens with zero attached hydrogens (tertiary/aromatic N) is 1.